The third kappa shape index (κ3) is 4.85. The van der Waals surface area contributed by atoms with Crippen LogP contribution >= 0.6 is 11.6 Å². The van der Waals surface area contributed by atoms with Gasteiger partial charge in [-0.05, 0) is 43.1 Å². The van der Waals surface area contributed by atoms with E-state index in [4.69, 9.17) is 17.3 Å². The average Bonchev–Trinajstić information content (AvgIpc) is 2.52. The summed E-state index contributed by atoms with van der Waals surface area (Å²) in [5, 5.41) is 0.780. The molecule has 1 unspecified atom stereocenters. The Bertz CT molecular complexity index is 525. The van der Waals surface area contributed by atoms with Gasteiger partial charge in [0.15, 0.2) is 0 Å². The van der Waals surface area contributed by atoms with Crippen molar-refractivity contribution >= 4 is 11.6 Å². The molecule has 2 N–H and O–H groups in total. The summed E-state index contributed by atoms with van der Waals surface area (Å²) in [7, 11) is 0. The second-order valence-corrected chi connectivity index (χ2v) is 5.76. The molecule has 0 fully saturated rings. The van der Waals surface area contributed by atoms with Crippen molar-refractivity contribution in [3.63, 3.8) is 0 Å². The van der Waals surface area contributed by atoms with Crippen LogP contribution in [-0.4, -0.2) is 18.0 Å². The molecule has 0 aromatic heterocycles. The molecule has 0 saturated heterocycles. The number of hydrogen-bond donors (Lipinski definition) is 1. The van der Waals surface area contributed by atoms with Gasteiger partial charge in [0.1, 0.15) is 0 Å². The summed E-state index contributed by atoms with van der Waals surface area (Å²) in [5.41, 5.74) is 8.30. The molecule has 0 spiro atoms. The standard InChI is InChI=1S/C18H23ClN2/c1-15(17-8-10-18(19)11-9-17)21(13-5-12-20)14-16-6-3-2-4-7-16/h2-4,6-11,15H,5,12-14,20H2,1H3. The maximum absolute atomic E-state index is 5.98. The molecular formula is C18H23ClN2. The van der Waals surface area contributed by atoms with E-state index in [1.807, 2.05) is 12.1 Å². The van der Waals surface area contributed by atoms with Crippen LogP contribution in [0, 0.1) is 0 Å². The van der Waals surface area contributed by atoms with Gasteiger partial charge in [0, 0.05) is 24.2 Å². The Balaban J connectivity index is 2.12. The minimum absolute atomic E-state index is 0.342. The van der Waals surface area contributed by atoms with Gasteiger partial charge in [0.2, 0.25) is 0 Å². The Kier molecular flexibility index (Phi) is 6.24. The fraction of sp³-hybridized carbons (Fsp3) is 0.333. The minimum Gasteiger partial charge on any atom is -0.330 e. The first-order valence-electron chi connectivity index (χ1n) is 7.44. The maximum atomic E-state index is 5.98. The highest BCUT2D eigenvalue weighted by molar-refractivity contribution is 6.30. The lowest BCUT2D eigenvalue weighted by molar-refractivity contribution is 0.200. The molecule has 2 nitrogen and oxygen atoms in total. The van der Waals surface area contributed by atoms with E-state index < -0.39 is 0 Å². The highest BCUT2D eigenvalue weighted by atomic mass is 35.5. The van der Waals surface area contributed by atoms with E-state index in [1.54, 1.807) is 0 Å². The van der Waals surface area contributed by atoms with Crippen molar-refractivity contribution in [2.45, 2.75) is 25.9 Å². The molecule has 3 heteroatoms. The fourth-order valence-electron chi connectivity index (χ4n) is 2.47. The summed E-state index contributed by atoms with van der Waals surface area (Å²) in [6.45, 7) is 4.89. The van der Waals surface area contributed by atoms with Crippen molar-refractivity contribution in [1.82, 2.24) is 4.90 Å². The molecule has 0 saturated carbocycles. The first-order valence-corrected chi connectivity index (χ1v) is 7.82. The number of nitrogens with two attached hydrogens (primary N) is 1. The van der Waals surface area contributed by atoms with Crippen LogP contribution in [0.4, 0.5) is 0 Å². The molecule has 0 heterocycles. The van der Waals surface area contributed by atoms with Gasteiger partial charge in [0.05, 0.1) is 0 Å². The molecule has 0 aliphatic heterocycles. The van der Waals surface area contributed by atoms with Crippen LogP contribution in [0.15, 0.2) is 54.6 Å². The van der Waals surface area contributed by atoms with E-state index in [0.29, 0.717) is 6.04 Å². The summed E-state index contributed by atoms with van der Waals surface area (Å²) in [5.74, 6) is 0. The van der Waals surface area contributed by atoms with E-state index in [1.165, 1.54) is 11.1 Å². The number of rotatable bonds is 7. The predicted octanol–water partition coefficient (Wildman–Crippen LogP) is 4.25. The number of nitrogens with zero attached hydrogens (tertiary/aromatic N) is 1. The molecule has 21 heavy (non-hydrogen) atoms. The Labute approximate surface area is 132 Å². The van der Waals surface area contributed by atoms with Crippen molar-refractivity contribution in [3.05, 3.63) is 70.7 Å². The molecule has 112 valence electrons. The molecule has 2 aromatic rings. The normalized spacial score (nSPS) is 12.6. The van der Waals surface area contributed by atoms with Crippen molar-refractivity contribution in [1.29, 1.82) is 0 Å². The largest absolute Gasteiger partial charge is 0.330 e. The van der Waals surface area contributed by atoms with Gasteiger partial charge in [0.25, 0.3) is 0 Å². The summed E-state index contributed by atoms with van der Waals surface area (Å²) >= 11 is 5.98. The molecule has 0 radical (unpaired) electrons. The number of halogens is 1. The highest BCUT2D eigenvalue weighted by Gasteiger charge is 2.15. The molecule has 2 rings (SSSR count). The van der Waals surface area contributed by atoms with E-state index in [-0.39, 0.29) is 0 Å². The quantitative estimate of drug-likeness (QED) is 0.828. The minimum atomic E-state index is 0.342. The molecule has 0 aliphatic carbocycles. The molecule has 0 aliphatic rings. The molecular weight excluding hydrogens is 280 g/mol. The first-order chi connectivity index (χ1) is 10.2. The Morgan fingerprint density at radius 2 is 1.71 bits per heavy atom. The summed E-state index contributed by atoms with van der Waals surface area (Å²) in [4.78, 5) is 2.46. The lowest BCUT2D eigenvalue weighted by Gasteiger charge is -2.29. The van der Waals surface area contributed by atoms with Crippen LogP contribution in [0.1, 0.15) is 30.5 Å². The predicted molar refractivity (Wildman–Crippen MR) is 90.4 cm³/mol. The van der Waals surface area contributed by atoms with Crippen LogP contribution in [-0.2, 0) is 6.54 Å². The number of hydrogen-bond acceptors (Lipinski definition) is 2. The molecule has 1 atom stereocenters. The van der Waals surface area contributed by atoms with Crippen LogP contribution in [0.5, 0.6) is 0 Å². The van der Waals surface area contributed by atoms with Crippen LogP contribution in [0.3, 0.4) is 0 Å². The average molecular weight is 303 g/mol. The van der Waals surface area contributed by atoms with Gasteiger partial charge in [-0.3, -0.25) is 4.90 Å². The zero-order valence-corrected chi connectivity index (χ0v) is 13.3. The Hall–Kier alpha value is -1.35. The monoisotopic (exact) mass is 302 g/mol. The summed E-state index contributed by atoms with van der Waals surface area (Å²) < 4.78 is 0. The third-order valence-corrected chi connectivity index (χ3v) is 4.03. The summed E-state index contributed by atoms with van der Waals surface area (Å²) in [6.07, 6.45) is 1.00. The lowest BCUT2D eigenvalue weighted by atomic mass is 10.1. The van der Waals surface area contributed by atoms with Gasteiger partial charge in [-0.15, -0.1) is 0 Å². The highest BCUT2D eigenvalue weighted by Crippen LogP contribution is 2.24. The van der Waals surface area contributed by atoms with Crippen molar-refractivity contribution in [2.24, 2.45) is 5.73 Å². The van der Waals surface area contributed by atoms with Gasteiger partial charge < -0.3 is 5.73 Å². The van der Waals surface area contributed by atoms with Crippen LogP contribution in [0.2, 0.25) is 5.02 Å². The summed E-state index contributed by atoms with van der Waals surface area (Å²) in [6, 6.07) is 19.0. The topological polar surface area (TPSA) is 29.3 Å². The van der Waals surface area contributed by atoms with Crippen LogP contribution in [0.25, 0.3) is 0 Å². The van der Waals surface area contributed by atoms with E-state index >= 15 is 0 Å². The van der Waals surface area contributed by atoms with Crippen LogP contribution < -0.4 is 5.73 Å². The van der Waals surface area contributed by atoms with E-state index in [2.05, 4.69) is 54.3 Å². The van der Waals surface area contributed by atoms with Gasteiger partial charge in [-0.2, -0.15) is 0 Å². The van der Waals surface area contributed by atoms with E-state index in [0.717, 1.165) is 31.1 Å². The SMILES string of the molecule is CC(c1ccc(Cl)cc1)N(CCCN)Cc1ccccc1. The van der Waals surface area contributed by atoms with Gasteiger partial charge in [-0.25, -0.2) is 0 Å². The first kappa shape index (κ1) is 16.0. The smallest absolute Gasteiger partial charge is 0.0406 e. The Morgan fingerprint density at radius 1 is 1.05 bits per heavy atom. The maximum Gasteiger partial charge on any atom is 0.0406 e. The Morgan fingerprint density at radius 3 is 2.33 bits per heavy atom. The van der Waals surface area contributed by atoms with Crippen molar-refractivity contribution < 1.29 is 0 Å². The zero-order valence-electron chi connectivity index (χ0n) is 12.5. The van der Waals surface area contributed by atoms with Crippen molar-refractivity contribution in [2.75, 3.05) is 13.1 Å². The molecule has 2 aromatic carbocycles. The van der Waals surface area contributed by atoms with Gasteiger partial charge >= 0.3 is 0 Å². The third-order valence-electron chi connectivity index (χ3n) is 3.78. The second-order valence-electron chi connectivity index (χ2n) is 5.33. The second kappa shape index (κ2) is 8.18. The van der Waals surface area contributed by atoms with E-state index in [9.17, 15) is 0 Å². The zero-order chi connectivity index (χ0) is 15.1. The fourth-order valence-corrected chi connectivity index (χ4v) is 2.60. The lowest BCUT2D eigenvalue weighted by Crippen LogP contribution is -2.29. The molecule has 0 amide bonds. The van der Waals surface area contributed by atoms with Crippen molar-refractivity contribution in [3.8, 4) is 0 Å². The number of benzene rings is 2. The van der Waals surface area contributed by atoms with Gasteiger partial charge in [-0.1, -0.05) is 54.1 Å². The molecule has 0 bridgehead atoms.